The normalized spacial score (nSPS) is 14.8. The number of anilines is 1. The van der Waals surface area contributed by atoms with Crippen molar-refractivity contribution in [2.75, 3.05) is 24.7 Å². The lowest BCUT2D eigenvalue weighted by Crippen LogP contribution is -2.54. The minimum absolute atomic E-state index is 0.222. The molecule has 1 aliphatic rings. The van der Waals surface area contributed by atoms with Crippen LogP contribution in [-0.2, 0) is 19.1 Å². The fourth-order valence-electron chi connectivity index (χ4n) is 3.06. The molecule has 0 spiro atoms. The number of hydrogen-bond acceptors (Lipinski definition) is 7. The van der Waals surface area contributed by atoms with E-state index in [1.807, 2.05) is 0 Å². The van der Waals surface area contributed by atoms with Crippen LogP contribution in [0.5, 0.6) is 11.5 Å². The molecule has 2 aromatic rings. The number of carbonyl (C=O) groups excluding carboxylic acids is 4. The number of rotatable bonds is 8. The van der Waals surface area contributed by atoms with Crippen LogP contribution in [0.2, 0.25) is 5.02 Å². The molecule has 0 atom stereocenters. The van der Waals surface area contributed by atoms with E-state index in [9.17, 15) is 19.2 Å². The molecule has 1 fully saturated rings. The van der Waals surface area contributed by atoms with E-state index >= 15 is 0 Å². The van der Waals surface area contributed by atoms with Crippen molar-refractivity contribution in [2.45, 2.75) is 13.8 Å². The lowest BCUT2D eigenvalue weighted by Gasteiger charge is -2.26. The number of nitrogens with one attached hydrogen (secondary N) is 1. The summed E-state index contributed by atoms with van der Waals surface area (Å²) in [6.45, 7) is 3.64. The van der Waals surface area contributed by atoms with E-state index < -0.39 is 23.8 Å². The van der Waals surface area contributed by atoms with Crippen molar-refractivity contribution >= 4 is 63.1 Å². The first kappa shape index (κ1) is 25.3. The minimum atomic E-state index is -0.867. The van der Waals surface area contributed by atoms with Gasteiger partial charge in [0.05, 0.1) is 23.4 Å². The number of benzene rings is 2. The van der Waals surface area contributed by atoms with E-state index in [1.54, 1.807) is 26.0 Å². The number of esters is 1. The zero-order chi connectivity index (χ0) is 24.8. The Hall–Kier alpha value is -3.37. The van der Waals surface area contributed by atoms with Crippen molar-refractivity contribution in [3.63, 3.8) is 0 Å². The molecule has 178 valence electrons. The average Bonchev–Trinajstić information content (AvgIpc) is 2.77. The van der Waals surface area contributed by atoms with E-state index in [4.69, 9.17) is 25.8 Å². The molecule has 9 nitrogen and oxygen atoms in total. The Morgan fingerprint density at radius 2 is 1.79 bits per heavy atom. The molecule has 0 unspecified atom stereocenters. The third kappa shape index (κ3) is 5.75. The van der Waals surface area contributed by atoms with Crippen molar-refractivity contribution in [1.82, 2.24) is 5.32 Å². The maximum Gasteiger partial charge on any atom is 0.344 e. The second-order valence-electron chi connectivity index (χ2n) is 6.79. The summed E-state index contributed by atoms with van der Waals surface area (Å²) in [6.07, 6.45) is 1.33. The summed E-state index contributed by atoms with van der Waals surface area (Å²) >= 11 is 9.25. The smallest absolute Gasteiger partial charge is 0.344 e. The summed E-state index contributed by atoms with van der Waals surface area (Å²) in [5.74, 6) is -1.64. The van der Waals surface area contributed by atoms with Crippen molar-refractivity contribution in [3.8, 4) is 11.5 Å². The molecule has 3 rings (SSSR count). The summed E-state index contributed by atoms with van der Waals surface area (Å²) in [6, 6.07) is 8.30. The van der Waals surface area contributed by atoms with Crippen LogP contribution < -0.4 is 19.7 Å². The van der Waals surface area contributed by atoms with Gasteiger partial charge < -0.3 is 14.2 Å². The number of amides is 4. The highest BCUT2D eigenvalue weighted by Gasteiger charge is 2.36. The van der Waals surface area contributed by atoms with E-state index in [0.717, 1.165) is 4.90 Å². The number of carbonyl (C=O) groups is 4. The van der Waals surface area contributed by atoms with Gasteiger partial charge in [-0.25, -0.2) is 14.5 Å². The highest BCUT2D eigenvalue weighted by Crippen LogP contribution is 2.38. The highest BCUT2D eigenvalue weighted by molar-refractivity contribution is 9.10. The summed E-state index contributed by atoms with van der Waals surface area (Å²) in [7, 11) is 0. The van der Waals surface area contributed by atoms with Crippen LogP contribution in [0.4, 0.5) is 10.5 Å². The van der Waals surface area contributed by atoms with Gasteiger partial charge >= 0.3 is 12.0 Å². The Morgan fingerprint density at radius 1 is 1.09 bits per heavy atom. The molecule has 0 aliphatic carbocycles. The lowest BCUT2D eigenvalue weighted by molar-refractivity contribution is -0.145. The number of hydrogen-bond donors (Lipinski definition) is 1. The Bertz CT molecular complexity index is 1160. The Balaban J connectivity index is 1.95. The molecule has 1 aliphatic heterocycles. The van der Waals surface area contributed by atoms with Crippen LogP contribution in [0.25, 0.3) is 6.08 Å². The molecule has 0 bridgehead atoms. The molecule has 2 aromatic carbocycles. The Kier molecular flexibility index (Phi) is 8.30. The van der Waals surface area contributed by atoms with E-state index in [2.05, 4.69) is 21.2 Å². The largest absolute Gasteiger partial charge is 0.490 e. The first-order chi connectivity index (χ1) is 16.2. The topological polar surface area (TPSA) is 111 Å². The number of urea groups is 1. The predicted molar refractivity (Wildman–Crippen MR) is 128 cm³/mol. The maximum atomic E-state index is 13.1. The van der Waals surface area contributed by atoms with Crippen LogP contribution in [0.15, 0.2) is 46.4 Å². The van der Waals surface area contributed by atoms with Gasteiger partial charge in [0.2, 0.25) is 0 Å². The SMILES string of the molecule is CCOC(=O)COc1c(Br)cc(/C=C2\C(=O)NC(=O)N(c3ccc(Cl)cc3)C2=O)cc1OCC. The summed E-state index contributed by atoms with van der Waals surface area (Å²) in [5.41, 5.74) is 0.413. The molecule has 4 amide bonds. The maximum absolute atomic E-state index is 13.1. The molecule has 1 heterocycles. The van der Waals surface area contributed by atoms with Crippen molar-refractivity contribution in [1.29, 1.82) is 0 Å². The molecular formula is C23H20BrClN2O7. The van der Waals surface area contributed by atoms with Crippen molar-refractivity contribution < 1.29 is 33.4 Å². The second kappa shape index (κ2) is 11.2. The molecule has 1 saturated heterocycles. The van der Waals surface area contributed by atoms with Crippen molar-refractivity contribution in [3.05, 3.63) is 57.0 Å². The monoisotopic (exact) mass is 550 g/mol. The quantitative estimate of drug-likeness (QED) is 0.299. The van der Waals surface area contributed by atoms with Gasteiger partial charge in [0.25, 0.3) is 11.8 Å². The molecular weight excluding hydrogens is 532 g/mol. The molecule has 0 saturated carbocycles. The number of ether oxygens (including phenoxy) is 3. The fraction of sp³-hybridized carbons (Fsp3) is 0.217. The molecule has 1 N–H and O–H groups in total. The van der Waals surface area contributed by atoms with Gasteiger partial charge in [-0.2, -0.15) is 0 Å². The standard InChI is InChI=1S/C23H20BrClN2O7/c1-3-32-18-11-13(10-17(24)20(18)34-12-19(28)33-4-2)9-16-21(29)26-23(31)27(22(16)30)15-7-5-14(25)6-8-15/h5-11H,3-4,12H2,1-2H3,(H,26,29,31)/b16-9+. The van der Waals surface area contributed by atoms with Crippen LogP contribution in [0.3, 0.4) is 0 Å². The molecule has 11 heteroatoms. The van der Waals surface area contributed by atoms with Crippen LogP contribution in [0.1, 0.15) is 19.4 Å². The summed E-state index contributed by atoms with van der Waals surface area (Å²) < 4.78 is 16.4. The van der Waals surface area contributed by atoms with E-state index in [-0.39, 0.29) is 36.0 Å². The van der Waals surface area contributed by atoms with Gasteiger partial charge in [0, 0.05) is 5.02 Å². The van der Waals surface area contributed by atoms with Gasteiger partial charge in [-0.1, -0.05) is 11.6 Å². The number of nitrogens with zero attached hydrogens (tertiary/aromatic N) is 1. The first-order valence-corrected chi connectivity index (χ1v) is 11.3. The molecule has 0 radical (unpaired) electrons. The summed E-state index contributed by atoms with van der Waals surface area (Å²) in [5, 5.41) is 2.59. The van der Waals surface area contributed by atoms with Crippen molar-refractivity contribution in [2.24, 2.45) is 0 Å². The number of barbiturate groups is 1. The number of halogens is 2. The summed E-state index contributed by atoms with van der Waals surface area (Å²) in [4.78, 5) is 50.4. The van der Waals surface area contributed by atoms with Crippen LogP contribution in [0, 0.1) is 0 Å². The first-order valence-electron chi connectivity index (χ1n) is 10.2. The lowest BCUT2D eigenvalue weighted by atomic mass is 10.1. The molecule has 0 aromatic heterocycles. The highest BCUT2D eigenvalue weighted by atomic mass is 79.9. The van der Waals surface area contributed by atoms with Gasteiger partial charge in [0.15, 0.2) is 18.1 Å². The van der Waals surface area contributed by atoms with Gasteiger partial charge in [0.1, 0.15) is 5.57 Å². The van der Waals surface area contributed by atoms with Crippen LogP contribution >= 0.6 is 27.5 Å². The Morgan fingerprint density at radius 3 is 2.44 bits per heavy atom. The van der Waals surface area contributed by atoms with Gasteiger partial charge in [-0.15, -0.1) is 0 Å². The second-order valence-corrected chi connectivity index (χ2v) is 8.08. The van der Waals surface area contributed by atoms with E-state index in [1.165, 1.54) is 30.3 Å². The number of imide groups is 2. The van der Waals surface area contributed by atoms with Crippen LogP contribution in [-0.4, -0.2) is 43.6 Å². The third-order valence-electron chi connectivity index (χ3n) is 4.47. The van der Waals surface area contributed by atoms with E-state index in [0.29, 0.717) is 21.7 Å². The minimum Gasteiger partial charge on any atom is -0.490 e. The fourth-order valence-corrected chi connectivity index (χ4v) is 3.76. The molecule has 34 heavy (non-hydrogen) atoms. The predicted octanol–water partition coefficient (Wildman–Crippen LogP) is 4.11. The zero-order valence-corrected chi connectivity index (χ0v) is 20.6. The third-order valence-corrected chi connectivity index (χ3v) is 5.31. The zero-order valence-electron chi connectivity index (χ0n) is 18.2. The average molecular weight is 552 g/mol. The Labute approximate surface area is 208 Å². The van der Waals surface area contributed by atoms with Gasteiger partial charge in [-0.05, 0) is 77.8 Å². The van der Waals surface area contributed by atoms with Gasteiger partial charge in [-0.3, -0.25) is 14.9 Å².